The van der Waals surface area contributed by atoms with Crippen molar-refractivity contribution in [3.8, 4) is 28.3 Å². The summed E-state index contributed by atoms with van der Waals surface area (Å²) in [4.78, 5) is 0. The maximum atomic E-state index is 10.2. The molecule has 5 rings (SSSR count). The number of nitrogens with zero attached hydrogens (tertiary/aromatic N) is 2. The summed E-state index contributed by atoms with van der Waals surface area (Å²) in [5.41, 5.74) is 5.42. The average molecular weight is 557 g/mol. The second-order valence-electron chi connectivity index (χ2n) is 6.47. The molecule has 4 heteroatoms. The predicted molar refractivity (Wildman–Crippen MR) is 108 cm³/mol. The van der Waals surface area contributed by atoms with E-state index in [2.05, 4.69) is 30.6 Å². The minimum Gasteiger partial charge on any atom is -0.517 e. The minimum atomic E-state index is 0. The summed E-state index contributed by atoms with van der Waals surface area (Å²) < 4.78 is 3.98. The van der Waals surface area contributed by atoms with E-state index in [1.54, 1.807) is 6.07 Å². The first-order valence-corrected chi connectivity index (χ1v) is 9.04. The van der Waals surface area contributed by atoms with E-state index in [4.69, 9.17) is 0 Å². The van der Waals surface area contributed by atoms with Gasteiger partial charge in [-0.3, -0.25) is 0 Å². The number of aromatic hydroxyl groups is 1. The van der Waals surface area contributed by atoms with Crippen LogP contribution >= 0.6 is 0 Å². The zero-order valence-electron chi connectivity index (χ0n) is 15.3. The second kappa shape index (κ2) is 8.10. The van der Waals surface area contributed by atoms with Crippen LogP contribution in [0.4, 0.5) is 0 Å². The predicted octanol–water partition coefficient (Wildman–Crippen LogP) is 4.68. The Balaban J connectivity index is 0.00000205. The van der Waals surface area contributed by atoms with E-state index >= 15 is 0 Å². The van der Waals surface area contributed by atoms with Crippen molar-refractivity contribution >= 4 is 11.0 Å². The van der Waals surface area contributed by atoms with Gasteiger partial charge in [0, 0.05) is 0 Å². The molecule has 1 aromatic heterocycles. The smallest absolute Gasteiger partial charge is 0.517 e. The Morgan fingerprint density at radius 1 is 0.793 bits per heavy atom. The van der Waals surface area contributed by atoms with Crippen molar-refractivity contribution < 1.29 is 32.1 Å². The van der Waals surface area contributed by atoms with Crippen molar-refractivity contribution in [3.63, 3.8) is 0 Å². The fraction of sp³-hybridized carbons (Fsp3) is 0. The normalized spacial score (nSPS) is 10.6. The molecule has 1 heterocycles. The second-order valence-corrected chi connectivity index (χ2v) is 6.47. The molecule has 0 atom stereocenters. The van der Waals surface area contributed by atoms with Crippen molar-refractivity contribution in [2.45, 2.75) is 0 Å². The summed E-state index contributed by atoms with van der Waals surface area (Å²) in [6.45, 7) is 0. The van der Waals surface area contributed by atoms with Gasteiger partial charge in [-0.25, -0.2) is 0 Å². The fourth-order valence-electron chi connectivity index (χ4n) is 3.39. The van der Waals surface area contributed by atoms with Crippen molar-refractivity contribution in [2.24, 2.45) is 0 Å². The molecule has 0 aliphatic rings. The average Bonchev–Trinajstić information content (AvgIpc) is 3.15. The minimum absolute atomic E-state index is 0. The number of phenols is 1. The molecular formula is C25H16AuN2O+. The van der Waals surface area contributed by atoms with Gasteiger partial charge in [-0.2, -0.15) is 30.3 Å². The van der Waals surface area contributed by atoms with Crippen LogP contribution in [0.5, 0.6) is 5.75 Å². The number of hydrogen-bond acceptors (Lipinski definition) is 1. The van der Waals surface area contributed by atoms with Crippen LogP contribution in [0, 0.1) is 18.5 Å². The first-order chi connectivity index (χ1) is 13.8. The molecule has 0 amide bonds. The molecule has 0 fully saturated rings. The van der Waals surface area contributed by atoms with Crippen LogP contribution in [0.3, 0.4) is 0 Å². The molecule has 5 aromatic rings. The third kappa shape index (κ3) is 3.52. The summed E-state index contributed by atoms with van der Waals surface area (Å²) in [5, 5.41) is 10.2. The van der Waals surface area contributed by atoms with E-state index in [1.165, 1.54) is 0 Å². The maximum Gasteiger partial charge on any atom is 3.00 e. The summed E-state index contributed by atoms with van der Waals surface area (Å²) >= 11 is 0. The number of rotatable bonds is 3. The molecule has 0 spiro atoms. The van der Waals surface area contributed by atoms with Crippen LogP contribution in [-0.4, -0.2) is 9.67 Å². The van der Waals surface area contributed by atoms with Gasteiger partial charge in [0.25, 0.3) is 6.33 Å². The molecule has 0 saturated carbocycles. The quantitative estimate of drug-likeness (QED) is 0.195. The molecule has 29 heavy (non-hydrogen) atoms. The Labute approximate surface area is 185 Å². The standard InChI is InChI=1S/C25H16N2O.Au/c28-25-16-7-4-13-22(25)19-9-8-12-21(17-19)27-18-26(20-10-2-1-3-11-20)23-14-5-6-15-24(23)27;/h1-10,12-16,28H;/q-2;+3. The Bertz CT molecular complexity index is 1280. The fourth-order valence-corrected chi connectivity index (χ4v) is 3.39. The molecule has 0 radical (unpaired) electrons. The van der Waals surface area contributed by atoms with Crippen molar-refractivity contribution in [1.82, 2.24) is 4.57 Å². The van der Waals surface area contributed by atoms with Gasteiger partial charge in [0.1, 0.15) is 0 Å². The Morgan fingerprint density at radius 3 is 2.41 bits per heavy atom. The number of fused-ring (bicyclic) bond motifs is 1. The molecule has 142 valence electrons. The zero-order chi connectivity index (χ0) is 18.9. The summed E-state index contributed by atoms with van der Waals surface area (Å²) in [6.07, 6.45) is 3.42. The molecule has 3 nitrogen and oxygen atoms in total. The largest absolute Gasteiger partial charge is 3.00 e. The van der Waals surface area contributed by atoms with Gasteiger partial charge in [0.05, 0.1) is 16.8 Å². The monoisotopic (exact) mass is 557 g/mol. The van der Waals surface area contributed by atoms with Crippen LogP contribution in [0.1, 0.15) is 0 Å². The van der Waals surface area contributed by atoms with Gasteiger partial charge in [0.2, 0.25) is 0 Å². The van der Waals surface area contributed by atoms with Gasteiger partial charge in [-0.1, -0.05) is 48.0 Å². The Kier molecular flexibility index (Phi) is 5.36. The molecule has 0 unspecified atom stereocenters. The van der Waals surface area contributed by atoms with E-state index in [0.717, 1.165) is 33.5 Å². The van der Waals surface area contributed by atoms with Gasteiger partial charge in [-0.15, -0.1) is 29.8 Å². The van der Waals surface area contributed by atoms with E-state index in [0.29, 0.717) is 0 Å². The van der Waals surface area contributed by atoms with Crippen LogP contribution in [0.2, 0.25) is 0 Å². The topological polar surface area (TPSA) is 29.0 Å². The Hall–Kier alpha value is -3.11. The number of aromatic nitrogens is 2. The van der Waals surface area contributed by atoms with Crippen LogP contribution < -0.4 is 4.57 Å². The first kappa shape index (κ1) is 19.2. The summed E-state index contributed by atoms with van der Waals surface area (Å²) in [6, 6.07) is 35.9. The Morgan fingerprint density at radius 2 is 1.59 bits per heavy atom. The number of hydrogen-bond donors (Lipinski definition) is 1. The third-order valence-corrected chi connectivity index (χ3v) is 4.71. The SMILES string of the molecule is Oc1ccccc1-c1[c-]c(-[n+]2[c-]n(-c3[c-]cccc3)c3ccccc32)ccc1.[Au+3]. The zero-order valence-corrected chi connectivity index (χ0v) is 17.5. The molecular weight excluding hydrogens is 541 g/mol. The number of para-hydroxylation sites is 4. The van der Waals surface area contributed by atoms with Crippen molar-refractivity contribution in [3.05, 3.63) is 109 Å². The molecule has 1 N–H and O–H groups in total. The number of imidazole rings is 1. The van der Waals surface area contributed by atoms with Gasteiger partial charge < -0.3 is 14.2 Å². The van der Waals surface area contributed by atoms with Gasteiger partial charge in [-0.05, 0) is 17.4 Å². The molecule has 0 aliphatic heterocycles. The van der Waals surface area contributed by atoms with Crippen LogP contribution in [-0.2, 0) is 22.4 Å². The molecule has 0 bridgehead atoms. The van der Waals surface area contributed by atoms with E-state index < -0.39 is 0 Å². The molecule has 0 saturated heterocycles. The molecule has 0 aliphatic carbocycles. The van der Waals surface area contributed by atoms with Crippen LogP contribution in [0.15, 0.2) is 91.0 Å². The maximum absolute atomic E-state index is 10.2. The number of phenolic OH excluding ortho intramolecular Hbond substituents is 1. The van der Waals surface area contributed by atoms with E-state index in [1.807, 2.05) is 81.9 Å². The summed E-state index contributed by atoms with van der Waals surface area (Å²) in [5.74, 6) is 0.242. The van der Waals surface area contributed by atoms with E-state index in [9.17, 15) is 5.11 Å². The molecule has 4 aromatic carbocycles. The van der Waals surface area contributed by atoms with Gasteiger partial charge >= 0.3 is 22.4 Å². The number of benzene rings is 4. The van der Waals surface area contributed by atoms with Crippen LogP contribution in [0.25, 0.3) is 33.5 Å². The van der Waals surface area contributed by atoms with Crippen molar-refractivity contribution in [2.75, 3.05) is 0 Å². The van der Waals surface area contributed by atoms with Gasteiger partial charge in [0.15, 0.2) is 0 Å². The third-order valence-electron chi connectivity index (χ3n) is 4.71. The van der Waals surface area contributed by atoms with Crippen molar-refractivity contribution in [1.29, 1.82) is 0 Å². The summed E-state index contributed by atoms with van der Waals surface area (Å²) in [7, 11) is 0. The first-order valence-electron chi connectivity index (χ1n) is 9.04. The van der Waals surface area contributed by atoms with E-state index in [-0.39, 0.29) is 28.1 Å².